The van der Waals surface area contributed by atoms with Crippen molar-refractivity contribution in [2.75, 3.05) is 11.9 Å². The number of anilines is 1. The lowest BCUT2D eigenvalue weighted by Crippen LogP contribution is -2.36. The highest BCUT2D eigenvalue weighted by atomic mass is 16.5. The van der Waals surface area contributed by atoms with Gasteiger partial charge >= 0.3 is 0 Å². The second kappa shape index (κ2) is 9.47. The highest BCUT2D eigenvalue weighted by Gasteiger charge is 2.09. The fourth-order valence-electron chi connectivity index (χ4n) is 2.43. The largest absolute Gasteiger partial charge is 0.484 e. The minimum Gasteiger partial charge on any atom is -0.484 e. The number of rotatable bonds is 8. The maximum atomic E-state index is 12.0. The minimum absolute atomic E-state index is 0.0563. The van der Waals surface area contributed by atoms with Crippen molar-refractivity contribution >= 4 is 17.5 Å². The summed E-state index contributed by atoms with van der Waals surface area (Å²) in [4.78, 5) is 23.1. The molecule has 5 nitrogen and oxygen atoms in total. The maximum absolute atomic E-state index is 12.0. The van der Waals surface area contributed by atoms with Gasteiger partial charge in [-0.3, -0.25) is 9.59 Å². The van der Waals surface area contributed by atoms with Gasteiger partial charge in [0.15, 0.2) is 6.61 Å². The molecule has 0 fully saturated rings. The highest BCUT2D eigenvalue weighted by Crippen LogP contribution is 2.17. The van der Waals surface area contributed by atoms with Gasteiger partial charge in [0.25, 0.3) is 5.91 Å². The van der Waals surface area contributed by atoms with Gasteiger partial charge in [0.2, 0.25) is 5.91 Å². The summed E-state index contributed by atoms with van der Waals surface area (Å²) in [5, 5.41) is 5.61. The lowest BCUT2D eigenvalue weighted by atomic mass is 10.1. The summed E-state index contributed by atoms with van der Waals surface area (Å²) in [6.45, 7) is 3.37. The molecule has 0 bridgehead atoms. The molecule has 2 N–H and O–H groups in total. The van der Waals surface area contributed by atoms with Crippen molar-refractivity contribution in [3.8, 4) is 5.75 Å². The van der Waals surface area contributed by atoms with Crippen LogP contribution in [0.3, 0.4) is 0 Å². The fraction of sp³-hybridized carbons (Fsp3) is 0.300. The van der Waals surface area contributed by atoms with E-state index >= 15 is 0 Å². The molecule has 2 aromatic rings. The lowest BCUT2D eigenvalue weighted by molar-refractivity contribution is -0.123. The molecule has 0 saturated carbocycles. The van der Waals surface area contributed by atoms with Gasteiger partial charge in [-0.05, 0) is 37.5 Å². The number of ether oxygens (including phenoxy) is 1. The van der Waals surface area contributed by atoms with Crippen molar-refractivity contribution < 1.29 is 14.3 Å². The molecule has 2 aromatic carbocycles. The monoisotopic (exact) mass is 340 g/mol. The van der Waals surface area contributed by atoms with Crippen LogP contribution in [0.25, 0.3) is 0 Å². The van der Waals surface area contributed by atoms with E-state index in [-0.39, 0.29) is 24.5 Å². The Morgan fingerprint density at radius 2 is 1.84 bits per heavy atom. The normalized spacial score (nSPS) is 11.4. The van der Waals surface area contributed by atoms with E-state index in [1.54, 1.807) is 24.3 Å². The molecule has 0 saturated heterocycles. The van der Waals surface area contributed by atoms with E-state index in [0.717, 1.165) is 12.8 Å². The van der Waals surface area contributed by atoms with E-state index in [1.807, 2.05) is 25.1 Å². The number of amides is 2. The van der Waals surface area contributed by atoms with Gasteiger partial charge in [0.1, 0.15) is 5.75 Å². The molecule has 0 aromatic heterocycles. The van der Waals surface area contributed by atoms with Crippen LogP contribution in [-0.4, -0.2) is 24.5 Å². The molecule has 0 heterocycles. The van der Waals surface area contributed by atoms with Gasteiger partial charge in [0, 0.05) is 24.7 Å². The molecule has 0 aliphatic rings. The van der Waals surface area contributed by atoms with Crippen molar-refractivity contribution in [2.24, 2.45) is 0 Å². The Hall–Kier alpha value is -2.82. The average molecular weight is 340 g/mol. The zero-order chi connectivity index (χ0) is 18.1. The Balaban J connectivity index is 1.73. The van der Waals surface area contributed by atoms with E-state index in [0.29, 0.717) is 11.4 Å². The van der Waals surface area contributed by atoms with E-state index in [2.05, 4.69) is 22.8 Å². The van der Waals surface area contributed by atoms with Gasteiger partial charge in [-0.15, -0.1) is 0 Å². The van der Waals surface area contributed by atoms with Crippen LogP contribution in [0.2, 0.25) is 0 Å². The molecular formula is C20H24N2O3. The molecule has 1 atom stereocenters. The summed E-state index contributed by atoms with van der Waals surface area (Å²) < 4.78 is 5.49. The van der Waals surface area contributed by atoms with Gasteiger partial charge < -0.3 is 15.4 Å². The molecule has 5 heteroatoms. The van der Waals surface area contributed by atoms with E-state index in [9.17, 15) is 9.59 Å². The van der Waals surface area contributed by atoms with Gasteiger partial charge in [-0.1, -0.05) is 36.4 Å². The van der Waals surface area contributed by atoms with Crippen LogP contribution in [0, 0.1) is 0 Å². The Bertz CT molecular complexity index is 701. The van der Waals surface area contributed by atoms with Gasteiger partial charge in [-0.25, -0.2) is 0 Å². The van der Waals surface area contributed by atoms with Crippen molar-refractivity contribution in [1.82, 2.24) is 5.32 Å². The van der Waals surface area contributed by atoms with Gasteiger partial charge in [0.05, 0.1) is 0 Å². The molecule has 0 aliphatic heterocycles. The zero-order valence-electron chi connectivity index (χ0n) is 14.6. The Labute approximate surface area is 148 Å². The summed E-state index contributed by atoms with van der Waals surface area (Å²) >= 11 is 0. The number of aryl methyl sites for hydroxylation is 1. The Morgan fingerprint density at radius 3 is 2.56 bits per heavy atom. The molecule has 132 valence electrons. The quantitative estimate of drug-likeness (QED) is 0.776. The first kappa shape index (κ1) is 18.5. The Morgan fingerprint density at radius 1 is 1.08 bits per heavy atom. The number of carbonyl (C=O) groups is 2. The number of hydrogen-bond acceptors (Lipinski definition) is 3. The number of hydrogen-bond donors (Lipinski definition) is 2. The van der Waals surface area contributed by atoms with Crippen molar-refractivity contribution in [2.45, 2.75) is 32.7 Å². The second-order valence-corrected chi connectivity index (χ2v) is 5.99. The van der Waals surface area contributed by atoms with Gasteiger partial charge in [-0.2, -0.15) is 0 Å². The predicted molar refractivity (Wildman–Crippen MR) is 98.6 cm³/mol. The topological polar surface area (TPSA) is 67.4 Å². The standard InChI is InChI=1S/C20H24N2O3/c1-15(11-12-17-7-4-3-5-8-17)21-20(24)14-25-19-10-6-9-18(13-19)22-16(2)23/h3-10,13,15H,11-12,14H2,1-2H3,(H,21,24)(H,22,23)/t15-/m1/s1. The third-order valence-corrected chi connectivity index (χ3v) is 3.64. The van der Waals surface area contributed by atoms with Crippen molar-refractivity contribution in [3.63, 3.8) is 0 Å². The lowest BCUT2D eigenvalue weighted by Gasteiger charge is -2.14. The predicted octanol–water partition coefficient (Wildman–Crippen LogP) is 3.16. The van der Waals surface area contributed by atoms with E-state index in [1.165, 1.54) is 12.5 Å². The highest BCUT2D eigenvalue weighted by molar-refractivity contribution is 5.88. The van der Waals surface area contributed by atoms with E-state index < -0.39 is 0 Å². The van der Waals surface area contributed by atoms with E-state index in [4.69, 9.17) is 4.74 Å². The number of benzene rings is 2. The minimum atomic E-state index is -0.162. The SMILES string of the molecule is CC(=O)Nc1cccc(OCC(=O)N[C@H](C)CCc2ccccc2)c1. The third kappa shape index (κ3) is 7.08. The summed E-state index contributed by atoms with van der Waals surface area (Å²) in [5.41, 5.74) is 1.90. The van der Waals surface area contributed by atoms with Crippen LogP contribution < -0.4 is 15.4 Å². The smallest absolute Gasteiger partial charge is 0.258 e. The molecule has 0 aliphatic carbocycles. The summed E-state index contributed by atoms with van der Waals surface area (Å²) in [6, 6.07) is 17.2. The summed E-state index contributed by atoms with van der Waals surface area (Å²) in [6.07, 6.45) is 1.79. The first-order chi connectivity index (χ1) is 12.0. The van der Waals surface area contributed by atoms with Crippen LogP contribution in [0.1, 0.15) is 25.8 Å². The molecule has 0 radical (unpaired) electrons. The average Bonchev–Trinajstić information content (AvgIpc) is 2.59. The van der Waals surface area contributed by atoms with Crippen LogP contribution in [0.4, 0.5) is 5.69 Å². The van der Waals surface area contributed by atoms with Crippen LogP contribution in [0.5, 0.6) is 5.75 Å². The molecule has 0 spiro atoms. The first-order valence-corrected chi connectivity index (χ1v) is 8.36. The number of nitrogens with one attached hydrogen (secondary N) is 2. The third-order valence-electron chi connectivity index (χ3n) is 3.64. The Kier molecular flexibility index (Phi) is 7.01. The number of carbonyl (C=O) groups excluding carboxylic acids is 2. The van der Waals surface area contributed by atoms with Crippen molar-refractivity contribution in [3.05, 3.63) is 60.2 Å². The molecule has 0 unspecified atom stereocenters. The first-order valence-electron chi connectivity index (χ1n) is 8.36. The van der Waals surface area contributed by atoms with Crippen LogP contribution in [0.15, 0.2) is 54.6 Å². The fourth-order valence-corrected chi connectivity index (χ4v) is 2.43. The molecule has 2 amide bonds. The molecular weight excluding hydrogens is 316 g/mol. The van der Waals surface area contributed by atoms with Crippen molar-refractivity contribution in [1.29, 1.82) is 0 Å². The van der Waals surface area contributed by atoms with Crippen LogP contribution in [-0.2, 0) is 16.0 Å². The maximum Gasteiger partial charge on any atom is 0.258 e. The van der Waals surface area contributed by atoms with Crippen LogP contribution >= 0.6 is 0 Å². The summed E-state index contributed by atoms with van der Waals surface area (Å²) in [5.74, 6) is 0.228. The summed E-state index contributed by atoms with van der Waals surface area (Å²) in [7, 11) is 0. The molecule has 2 rings (SSSR count). The molecule has 25 heavy (non-hydrogen) atoms. The second-order valence-electron chi connectivity index (χ2n) is 5.99. The zero-order valence-corrected chi connectivity index (χ0v) is 14.6.